The maximum atomic E-state index is 13.6. The molecule has 0 amide bonds. The lowest BCUT2D eigenvalue weighted by atomic mass is 9.95. The Labute approximate surface area is 205 Å². The average Bonchev–Trinajstić information content (AvgIpc) is 3.12. The number of ether oxygens (including phenoxy) is 1. The maximum Gasteiger partial charge on any atom is 0.338 e. The number of hydrogen-bond donors (Lipinski definition) is 0. The predicted octanol–water partition coefficient (Wildman–Crippen LogP) is 2.77. The van der Waals surface area contributed by atoms with Gasteiger partial charge in [-0.25, -0.2) is 9.79 Å². The summed E-state index contributed by atoms with van der Waals surface area (Å²) in [5, 5.41) is 11.1. The first-order valence-electron chi connectivity index (χ1n) is 10.9. The standard InChI is InChI=1S/C25H24N4O5S/c1-5-34-24(31)21-15(2)26-25-28(22(21)17-9-11-18(12-10-17)27(3)4)23(30)20(35-25)14-16-7-6-8-19(13-16)29(32)33/h6-14,22H,5H2,1-4H3. The van der Waals surface area contributed by atoms with Gasteiger partial charge in [-0.2, -0.15) is 0 Å². The Morgan fingerprint density at radius 3 is 2.60 bits per heavy atom. The number of fused-ring (bicyclic) bond motifs is 1. The van der Waals surface area contributed by atoms with Gasteiger partial charge >= 0.3 is 5.97 Å². The van der Waals surface area contributed by atoms with Gasteiger partial charge in [-0.15, -0.1) is 0 Å². The Hall–Kier alpha value is -4.05. The molecule has 0 fully saturated rings. The molecule has 4 rings (SSSR count). The van der Waals surface area contributed by atoms with Gasteiger partial charge in [0.25, 0.3) is 11.2 Å². The van der Waals surface area contributed by atoms with Crippen LogP contribution in [-0.2, 0) is 9.53 Å². The molecule has 9 nitrogen and oxygen atoms in total. The van der Waals surface area contributed by atoms with E-state index in [1.165, 1.54) is 28.0 Å². The average molecular weight is 493 g/mol. The third-order valence-electron chi connectivity index (χ3n) is 5.62. The Balaban J connectivity index is 1.92. The minimum Gasteiger partial charge on any atom is -0.463 e. The van der Waals surface area contributed by atoms with Crippen LogP contribution in [0.3, 0.4) is 0 Å². The van der Waals surface area contributed by atoms with E-state index in [0.717, 1.165) is 11.3 Å². The van der Waals surface area contributed by atoms with Gasteiger partial charge in [0.1, 0.15) is 0 Å². The largest absolute Gasteiger partial charge is 0.463 e. The van der Waals surface area contributed by atoms with Gasteiger partial charge < -0.3 is 9.64 Å². The van der Waals surface area contributed by atoms with Crippen molar-refractivity contribution in [3.8, 4) is 0 Å². The topological polar surface area (TPSA) is 107 Å². The van der Waals surface area contributed by atoms with E-state index in [-0.39, 0.29) is 17.9 Å². The van der Waals surface area contributed by atoms with Crippen molar-refractivity contribution in [2.24, 2.45) is 4.99 Å². The first kappa shape index (κ1) is 24.1. The van der Waals surface area contributed by atoms with E-state index in [1.54, 1.807) is 32.1 Å². The van der Waals surface area contributed by atoms with Crippen molar-refractivity contribution in [3.05, 3.63) is 101 Å². The predicted molar refractivity (Wildman–Crippen MR) is 134 cm³/mol. The highest BCUT2D eigenvalue weighted by Gasteiger charge is 2.33. The molecular weight excluding hydrogens is 468 g/mol. The van der Waals surface area contributed by atoms with Gasteiger partial charge in [0.05, 0.1) is 33.4 Å². The van der Waals surface area contributed by atoms with E-state index >= 15 is 0 Å². The molecule has 0 aliphatic carbocycles. The van der Waals surface area contributed by atoms with E-state index in [9.17, 15) is 19.7 Å². The number of aromatic nitrogens is 1. The van der Waals surface area contributed by atoms with Crippen LogP contribution in [0.5, 0.6) is 0 Å². The number of rotatable bonds is 6. The Morgan fingerprint density at radius 2 is 1.97 bits per heavy atom. The molecule has 0 saturated heterocycles. The molecule has 35 heavy (non-hydrogen) atoms. The van der Waals surface area contributed by atoms with E-state index in [2.05, 4.69) is 4.99 Å². The van der Waals surface area contributed by atoms with Gasteiger partial charge in [0.2, 0.25) is 0 Å². The quantitative estimate of drug-likeness (QED) is 0.298. The second kappa shape index (κ2) is 9.67. The minimum absolute atomic E-state index is 0.0641. The summed E-state index contributed by atoms with van der Waals surface area (Å²) >= 11 is 1.17. The van der Waals surface area contributed by atoms with Crippen LogP contribution in [0.4, 0.5) is 11.4 Å². The number of thiazole rings is 1. The lowest BCUT2D eigenvalue weighted by Gasteiger charge is -2.25. The molecule has 2 aromatic carbocycles. The molecule has 0 radical (unpaired) electrons. The fraction of sp³-hybridized carbons (Fsp3) is 0.240. The zero-order valence-corrected chi connectivity index (χ0v) is 20.5. The van der Waals surface area contributed by atoms with E-state index in [0.29, 0.717) is 26.2 Å². The number of non-ortho nitro benzene ring substituents is 1. The van der Waals surface area contributed by atoms with E-state index in [4.69, 9.17) is 4.74 Å². The maximum absolute atomic E-state index is 13.6. The zero-order valence-electron chi connectivity index (χ0n) is 19.7. The van der Waals surface area contributed by atoms with E-state index in [1.807, 2.05) is 43.3 Å². The van der Waals surface area contributed by atoms with E-state index < -0.39 is 16.9 Å². The summed E-state index contributed by atoms with van der Waals surface area (Å²) in [6.07, 6.45) is 1.60. The van der Waals surface area contributed by atoms with Crippen LogP contribution in [0.15, 0.2) is 69.6 Å². The molecule has 10 heteroatoms. The number of nitrogens with zero attached hydrogens (tertiary/aromatic N) is 4. The van der Waals surface area contributed by atoms with Crippen LogP contribution in [0.2, 0.25) is 0 Å². The normalized spacial score (nSPS) is 15.4. The number of hydrogen-bond acceptors (Lipinski definition) is 8. The number of nitro groups is 1. The van der Waals surface area contributed by atoms with Crippen molar-refractivity contribution in [3.63, 3.8) is 0 Å². The number of carbonyl (C=O) groups excluding carboxylic acids is 1. The molecule has 1 atom stereocenters. The molecule has 0 saturated carbocycles. The lowest BCUT2D eigenvalue weighted by molar-refractivity contribution is -0.384. The van der Waals surface area contributed by atoms with Gasteiger partial charge in [-0.05, 0) is 43.2 Å². The molecule has 0 bridgehead atoms. The van der Waals surface area contributed by atoms with Crippen molar-refractivity contribution >= 4 is 34.8 Å². The summed E-state index contributed by atoms with van der Waals surface area (Å²) in [6, 6.07) is 13.0. The highest BCUT2D eigenvalue weighted by Crippen LogP contribution is 2.31. The van der Waals surface area contributed by atoms with Gasteiger partial charge in [-0.1, -0.05) is 35.6 Å². The molecular formula is C25H24N4O5S. The van der Waals surface area contributed by atoms with Crippen LogP contribution in [0.1, 0.15) is 31.0 Å². The van der Waals surface area contributed by atoms with Crippen molar-refractivity contribution < 1.29 is 14.5 Å². The Bertz CT molecular complexity index is 1520. The zero-order chi connectivity index (χ0) is 25.3. The second-order valence-corrected chi connectivity index (χ2v) is 9.15. The first-order valence-corrected chi connectivity index (χ1v) is 11.7. The van der Waals surface area contributed by atoms with Gasteiger partial charge in [0, 0.05) is 31.9 Å². The SMILES string of the molecule is CCOC(=O)C1=C(C)N=c2sc(=Cc3cccc([N+](=O)[O-])c3)c(=O)n2C1c1ccc(N(C)C)cc1. The number of benzene rings is 2. The minimum atomic E-state index is -0.714. The Morgan fingerprint density at radius 1 is 1.26 bits per heavy atom. The van der Waals surface area contributed by atoms with Crippen molar-refractivity contribution in [2.45, 2.75) is 19.9 Å². The van der Waals surface area contributed by atoms with Gasteiger partial charge in [0.15, 0.2) is 4.80 Å². The third kappa shape index (κ3) is 4.65. The smallest absolute Gasteiger partial charge is 0.338 e. The van der Waals surface area contributed by atoms with Crippen molar-refractivity contribution in [1.82, 2.24) is 4.57 Å². The number of allylic oxidation sites excluding steroid dienone is 1. The molecule has 0 spiro atoms. The fourth-order valence-corrected chi connectivity index (χ4v) is 4.99. The summed E-state index contributed by atoms with van der Waals surface area (Å²) in [6.45, 7) is 3.65. The molecule has 1 aliphatic heterocycles. The molecule has 0 N–H and O–H groups in total. The van der Waals surface area contributed by atoms with Crippen LogP contribution in [0.25, 0.3) is 6.08 Å². The molecule has 180 valence electrons. The van der Waals surface area contributed by atoms with Crippen LogP contribution < -0.4 is 19.8 Å². The van der Waals surface area contributed by atoms with Crippen molar-refractivity contribution in [1.29, 1.82) is 0 Å². The molecule has 1 aromatic heterocycles. The monoisotopic (exact) mass is 492 g/mol. The van der Waals surface area contributed by atoms with Crippen LogP contribution >= 0.6 is 11.3 Å². The van der Waals surface area contributed by atoms with Crippen molar-refractivity contribution in [2.75, 3.05) is 25.6 Å². The molecule has 2 heterocycles. The van der Waals surface area contributed by atoms with Crippen LogP contribution in [-0.4, -0.2) is 36.2 Å². The molecule has 1 aliphatic rings. The first-order chi connectivity index (χ1) is 16.7. The Kier molecular flexibility index (Phi) is 6.65. The number of anilines is 1. The lowest BCUT2D eigenvalue weighted by Crippen LogP contribution is -2.39. The third-order valence-corrected chi connectivity index (χ3v) is 6.60. The molecule has 3 aromatic rings. The second-order valence-electron chi connectivity index (χ2n) is 8.14. The molecule has 1 unspecified atom stereocenters. The summed E-state index contributed by atoms with van der Waals surface area (Å²) in [5.41, 5.74) is 2.63. The number of nitro benzene ring substituents is 1. The summed E-state index contributed by atoms with van der Waals surface area (Å²) in [5.74, 6) is -0.525. The summed E-state index contributed by atoms with van der Waals surface area (Å²) in [4.78, 5) is 44.2. The number of esters is 1. The summed E-state index contributed by atoms with van der Waals surface area (Å²) in [7, 11) is 3.86. The van der Waals surface area contributed by atoms with Crippen LogP contribution in [0, 0.1) is 10.1 Å². The highest BCUT2D eigenvalue weighted by molar-refractivity contribution is 7.07. The fourth-order valence-electron chi connectivity index (χ4n) is 3.94. The summed E-state index contributed by atoms with van der Waals surface area (Å²) < 4.78 is 7.17. The van der Waals surface area contributed by atoms with Gasteiger partial charge in [-0.3, -0.25) is 19.5 Å². The highest BCUT2D eigenvalue weighted by atomic mass is 32.1. The number of carbonyl (C=O) groups is 1.